The molecule has 0 amide bonds. The fraction of sp³-hybridized carbons (Fsp3) is 0.615. The van der Waals surface area contributed by atoms with Crippen molar-refractivity contribution in [2.45, 2.75) is 33.4 Å². The highest BCUT2D eigenvalue weighted by molar-refractivity contribution is 6.31. The number of ether oxygens (including phenoxy) is 2. The molecule has 0 aliphatic carbocycles. The van der Waals surface area contributed by atoms with E-state index in [1.54, 1.807) is 6.20 Å². The molecule has 0 saturated heterocycles. The van der Waals surface area contributed by atoms with E-state index in [2.05, 4.69) is 17.2 Å². The molecule has 0 spiro atoms. The lowest BCUT2D eigenvalue weighted by Crippen LogP contribution is -2.14. The number of rotatable bonds is 8. The molecule has 0 saturated carbocycles. The fourth-order valence-corrected chi connectivity index (χ4v) is 1.53. The van der Waals surface area contributed by atoms with Gasteiger partial charge in [-0.2, -0.15) is 0 Å². The maximum absolute atomic E-state index is 6.05. The van der Waals surface area contributed by atoms with Gasteiger partial charge in [-0.05, 0) is 26.0 Å². The third-order valence-electron chi connectivity index (χ3n) is 2.26. The van der Waals surface area contributed by atoms with Crippen LogP contribution in [0, 0.1) is 0 Å². The molecule has 0 bridgehead atoms. The van der Waals surface area contributed by atoms with E-state index >= 15 is 0 Å². The standard InChI is InChI=1S/C13H21ClN2O2/c1-4-15-8-11-7-13(16-9-12(11)14)18-6-5-17-10(2)3/h7,9-10,15H,4-6,8H2,1-3H3. The van der Waals surface area contributed by atoms with E-state index in [9.17, 15) is 0 Å². The molecule has 102 valence electrons. The van der Waals surface area contributed by atoms with Crippen LogP contribution in [-0.2, 0) is 11.3 Å². The van der Waals surface area contributed by atoms with Crippen LogP contribution in [0.3, 0.4) is 0 Å². The average molecular weight is 273 g/mol. The van der Waals surface area contributed by atoms with Crippen molar-refractivity contribution in [2.24, 2.45) is 0 Å². The van der Waals surface area contributed by atoms with Gasteiger partial charge in [-0.15, -0.1) is 0 Å². The fourth-order valence-electron chi connectivity index (χ4n) is 1.36. The van der Waals surface area contributed by atoms with Gasteiger partial charge in [-0.3, -0.25) is 0 Å². The number of aromatic nitrogens is 1. The smallest absolute Gasteiger partial charge is 0.213 e. The highest BCUT2D eigenvalue weighted by Crippen LogP contribution is 2.19. The van der Waals surface area contributed by atoms with Crippen molar-refractivity contribution in [3.63, 3.8) is 0 Å². The van der Waals surface area contributed by atoms with Gasteiger partial charge >= 0.3 is 0 Å². The van der Waals surface area contributed by atoms with Gasteiger partial charge in [0.2, 0.25) is 5.88 Å². The Morgan fingerprint density at radius 2 is 2.17 bits per heavy atom. The molecule has 0 aromatic carbocycles. The second kappa shape index (κ2) is 8.29. The summed E-state index contributed by atoms with van der Waals surface area (Å²) in [5.41, 5.74) is 0.994. The predicted octanol–water partition coefficient (Wildman–Crippen LogP) is 2.65. The highest BCUT2D eigenvalue weighted by atomic mass is 35.5. The molecule has 1 N–H and O–H groups in total. The zero-order valence-corrected chi connectivity index (χ0v) is 12.0. The largest absolute Gasteiger partial charge is 0.475 e. The highest BCUT2D eigenvalue weighted by Gasteiger charge is 2.04. The molecule has 18 heavy (non-hydrogen) atoms. The van der Waals surface area contributed by atoms with Crippen LogP contribution in [0.15, 0.2) is 12.3 Å². The minimum Gasteiger partial charge on any atom is -0.475 e. The Morgan fingerprint density at radius 3 is 2.83 bits per heavy atom. The Hall–Kier alpha value is -0.840. The summed E-state index contributed by atoms with van der Waals surface area (Å²) >= 11 is 6.05. The van der Waals surface area contributed by atoms with Crippen LogP contribution in [-0.4, -0.2) is 30.8 Å². The molecular weight excluding hydrogens is 252 g/mol. The van der Waals surface area contributed by atoms with E-state index in [1.807, 2.05) is 19.9 Å². The van der Waals surface area contributed by atoms with Gasteiger partial charge in [-0.25, -0.2) is 4.98 Å². The first-order valence-corrected chi connectivity index (χ1v) is 6.60. The zero-order chi connectivity index (χ0) is 13.4. The van der Waals surface area contributed by atoms with Crippen molar-refractivity contribution in [2.75, 3.05) is 19.8 Å². The SMILES string of the molecule is CCNCc1cc(OCCOC(C)C)ncc1Cl. The van der Waals surface area contributed by atoms with Crippen molar-refractivity contribution in [1.29, 1.82) is 0 Å². The summed E-state index contributed by atoms with van der Waals surface area (Å²) in [5, 5.41) is 3.88. The first kappa shape index (κ1) is 15.2. The second-order valence-electron chi connectivity index (χ2n) is 4.16. The topological polar surface area (TPSA) is 43.4 Å². The van der Waals surface area contributed by atoms with Gasteiger partial charge in [-0.1, -0.05) is 18.5 Å². The second-order valence-corrected chi connectivity index (χ2v) is 4.57. The van der Waals surface area contributed by atoms with Gasteiger partial charge < -0.3 is 14.8 Å². The molecule has 1 heterocycles. The number of hydrogen-bond acceptors (Lipinski definition) is 4. The van der Waals surface area contributed by atoms with Crippen molar-refractivity contribution in [3.8, 4) is 5.88 Å². The van der Waals surface area contributed by atoms with Crippen LogP contribution in [0.1, 0.15) is 26.3 Å². The Labute approximate surface area is 114 Å². The van der Waals surface area contributed by atoms with Gasteiger partial charge in [0.25, 0.3) is 0 Å². The van der Waals surface area contributed by atoms with Crippen LogP contribution in [0.4, 0.5) is 0 Å². The molecule has 0 atom stereocenters. The van der Waals surface area contributed by atoms with Crippen molar-refractivity contribution >= 4 is 11.6 Å². The lowest BCUT2D eigenvalue weighted by atomic mass is 10.2. The zero-order valence-electron chi connectivity index (χ0n) is 11.2. The average Bonchev–Trinajstić information content (AvgIpc) is 2.34. The molecule has 0 aliphatic rings. The van der Waals surface area contributed by atoms with Crippen molar-refractivity contribution < 1.29 is 9.47 Å². The van der Waals surface area contributed by atoms with E-state index in [1.165, 1.54) is 0 Å². The summed E-state index contributed by atoms with van der Waals surface area (Å²) in [4.78, 5) is 4.13. The van der Waals surface area contributed by atoms with E-state index in [-0.39, 0.29) is 6.10 Å². The number of halogens is 1. The molecular formula is C13H21ClN2O2. The summed E-state index contributed by atoms with van der Waals surface area (Å²) in [5.74, 6) is 0.583. The molecule has 0 fully saturated rings. The van der Waals surface area contributed by atoms with E-state index in [0.717, 1.165) is 18.7 Å². The molecule has 1 rings (SSSR count). The van der Waals surface area contributed by atoms with Crippen LogP contribution < -0.4 is 10.1 Å². The predicted molar refractivity (Wildman–Crippen MR) is 73.2 cm³/mol. The Balaban J connectivity index is 2.45. The van der Waals surface area contributed by atoms with Crippen LogP contribution in [0.2, 0.25) is 5.02 Å². The monoisotopic (exact) mass is 272 g/mol. The summed E-state index contributed by atoms with van der Waals surface area (Å²) in [6, 6.07) is 1.86. The molecule has 4 nitrogen and oxygen atoms in total. The Kier molecular flexibility index (Phi) is 7.01. The number of nitrogens with zero attached hydrogens (tertiary/aromatic N) is 1. The number of hydrogen-bond donors (Lipinski definition) is 1. The summed E-state index contributed by atoms with van der Waals surface area (Å²) in [7, 11) is 0. The van der Waals surface area contributed by atoms with Crippen molar-refractivity contribution in [3.05, 3.63) is 22.8 Å². The molecule has 0 unspecified atom stereocenters. The molecule has 0 radical (unpaired) electrons. The third kappa shape index (κ3) is 5.67. The first-order valence-electron chi connectivity index (χ1n) is 6.23. The summed E-state index contributed by atoms with van der Waals surface area (Å²) in [6.07, 6.45) is 1.84. The van der Waals surface area contributed by atoms with Crippen LogP contribution in [0.25, 0.3) is 0 Å². The number of pyridine rings is 1. The van der Waals surface area contributed by atoms with Gasteiger partial charge in [0.05, 0.1) is 17.7 Å². The van der Waals surface area contributed by atoms with Crippen LogP contribution >= 0.6 is 11.6 Å². The first-order chi connectivity index (χ1) is 8.63. The Morgan fingerprint density at radius 1 is 1.39 bits per heavy atom. The van der Waals surface area contributed by atoms with Crippen molar-refractivity contribution in [1.82, 2.24) is 10.3 Å². The van der Waals surface area contributed by atoms with Gasteiger partial charge in [0.1, 0.15) is 6.61 Å². The normalized spacial score (nSPS) is 10.9. The summed E-state index contributed by atoms with van der Waals surface area (Å²) < 4.78 is 10.9. The van der Waals surface area contributed by atoms with Gasteiger partial charge in [0, 0.05) is 18.8 Å². The molecule has 5 heteroatoms. The van der Waals surface area contributed by atoms with Crippen LogP contribution in [0.5, 0.6) is 5.88 Å². The number of nitrogens with one attached hydrogen (secondary N) is 1. The lowest BCUT2D eigenvalue weighted by molar-refractivity contribution is 0.0542. The molecule has 0 aliphatic heterocycles. The van der Waals surface area contributed by atoms with E-state index in [0.29, 0.717) is 24.1 Å². The maximum Gasteiger partial charge on any atom is 0.213 e. The van der Waals surface area contributed by atoms with Gasteiger partial charge in [0.15, 0.2) is 0 Å². The minimum atomic E-state index is 0.219. The quantitative estimate of drug-likeness (QED) is 0.739. The minimum absolute atomic E-state index is 0.219. The van der Waals surface area contributed by atoms with E-state index in [4.69, 9.17) is 21.1 Å². The maximum atomic E-state index is 6.05. The third-order valence-corrected chi connectivity index (χ3v) is 2.60. The molecule has 1 aromatic heterocycles. The van der Waals surface area contributed by atoms with E-state index < -0.39 is 0 Å². The lowest BCUT2D eigenvalue weighted by Gasteiger charge is -2.10. The summed E-state index contributed by atoms with van der Waals surface area (Å²) in [6.45, 7) is 8.71. The molecule has 1 aromatic rings. The Bertz CT molecular complexity index is 359.